The van der Waals surface area contributed by atoms with Crippen LogP contribution in [0.4, 0.5) is 0 Å². The number of methoxy groups -OCH3 is 2. The average Bonchev–Trinajstić information content (AvgIpc) is 2.25. The van der Waals surface area contributed by atoms with E-state index in [1.807, 2.05) is 6.07 Å². The predicted molar refractivity (Wildman–Crippen MR) is 55.9 cm³/mol. The number of benzene rings is 1. The Balaban J connectivity index is 2.74. The van der Waals surface area contributed by atoms with Gasteiger partial charge in [0.25, 0.3) is 0 Å². The Labute approximate surface area is 108 Å². The Morgan fingerprint density at radius 1 is 1.20 bits per heavy atom. The van der Waals surface area contributed by atoms with Gasteiger partial charge in [-0.25, -0.2) is 0 Å². The van der Waals surface area contributed by atoms with E-state index >= 15 is 0 Å². The van der Waals surface area contributed by atoms with E-state index in [1.54, 1.807) is 14.2 Å². The quantitative estimate of drug-likeness (QED) is 0.709. The molecule has 0 N–H and O–H groups in total. The third kappa shape index (κ3) is 3.99. The van der Waals surface area contributed by atoms with E-state index in [1.165, 1.54) is 5.56 Å². The molecule has 0 amide bonds. The fourth-order valence-corrected chi connectivity index (χ4v) is 1.97. The minimum absolute atomic E-state index is 0.719. The summed E-state index contributed by atoms with van der Waals surface area (Å²) in [5, 5.41) is 0. The number of hydrogen-bond donors (Lipinski definition) is 0. The van der Waals surface area contributed by atoms with Crippen LogP contribution in [0.5, 0.6) is 11.5 Å². The van der Waals surface area contributed by atoms with E-state index in [-0.39, 0.29) is 0 Å². The van der Waals surface area contributed by atoms with E-state index in [2.05, 4.69) is 21.8 Å². The fraction of sp³-hybridized carbons (Fsp3) is 0.455. The van der Waals surface area contributed by atoms with Gasteiger partial charge in [0.15, 0.2) is 0 Å². The van der Waals surface area contributed by atoms with Gasteiger partial charge in [-0.2, -0.15) is 0 Å². The second-order valence-electron chi connectivity index (χ2n) is 3.52. The molecule has 1 aromatic rings. The van der Waals surface area contributed by atoms with Crippen molar-refractivity contribution in [3.63, 3.8) is 0 Å². The van der Waals surface area contributed by atoms with Crippen molar-refractivity contribution in [1.82, 2.24) is 2.66 Å². The molecule has 0 bridgehead atoms. The van der Waals surface area contributed by atoms with Gasteiger partial charge in [-0.15, -0.1) is 0 Å². The van der Waals surface area contributed by atoms with Gasteiger partial charge in [-0.05, 0) is 0 Å². The first-order valence-corrected chi connectivity index (χ1v) is 7.35. The van der Waals surface area contributed by atoms with Gasteiger partial charge in [0, 0.05) is 0 Å². The number of hydrogen-bond acceptors (Lipinski definition) is 3. The van der Waals surface area contributed by atoms with Gasteiger partial charge in [0.1, 0.15) is 0 Å². The number of rotatable bonds is 5. The van der Waals surface area contributed by atoms with Crippen molar-refractivity contribution in [3.8, 4) is 11.5 Å². The molecule has 3 nitrogen and oxygen atoms in total. The molecule has 15 heavy (non-hydrogen) atoms. The van der Waals surface area contributed by atoms with Crippen LogP contribution in [0.2, 0.25) is 0 Å². The maximum absolute atomic E-state index is 5.26. The van der Waals surface area contributed by atoms with Crippen molar-refractivity contribution < 1.29 is 35.9 Å². The third-order valence-electron chi connectivity index (χ3n) is 2.23. The van der Waals surface area contributed by atoms with Crippen LogP contribution in [0, 0.1) is 0 Å². The van der Waals surface area contributed by atoms with E-state index in [9.17, 15) is 0 Å². The maximum atomic E-state index is 5.26. The molecule has 0 radical (unpaired) electrons. The molecule has 0 heterocycles. The molecule has 0 aliphatic rings. The molecule has 0 unspecified atom stereocenters. The van der Waals surface area contributed by atoms with Crippen LogP contribution in [0.25, 0.3) is 0 Å². The van der Waals surface area contributed by atoms with Gasteiger partial charge < -0.3 is 0 Å². The molecular weight excluding hydrogens is 379 g/mol. The van der Waals surface area contributed by atoms with E-state index < -0.39 is 0 Å². The molecule has 0 fully saturated rings. The van der Waals surface area contributed by atoms with Crippen LogP contribution in [-0.2, 0) is 32.8 Å². The zero-order valence-electron chi connectivity index (χ0n) is 9.62. The molecule has 1 rings (SSSR count). The van der Waals surface area contributed by atoms with Crippen LogP contribution < -0.4 is 9.47 Å². The Hall–Kier alpha value is -0.285. The third-order valence-corrected chi connectivity index (χ3v) is 3.46. The summed E-state index contributed by atoms with van der Waals surface area (Å²) >= 11 is 0.719. The first-order valence-electron chi connectivity index (χ1n) is 4.90. The molecule has 0 aromatic heterocycles. The van der Waals surface area contributed by atoms with Gasteiger partial charge >= 0.3 is 108 Å². The monoisotopic (exact) mass is 396 g/mol. The van der Waals surface area contributed by atoms with E-state index in [0.29, 0.717) is 0 Å². The summed E-state index contributed by atoms with van der Waals surface area (Å²) in [5.41, 5.74) is 1.30. The normalized spacial score (nSPS) is 10.5. The molecule has 0 aliphatic heterocycles. The summed E-state index contributed by atoms with van der Waals surface area (Å²) in [5.74, 6) is 1.61. The SMILES string of the molecule is COc1ccc(CC[N](C)[Hg])cc1OC. The van der Waals surface area contributed by atoms with Crippen molar-refractivity contribution in [2.45, 2.75) is 6.42 Å². The summed E-state index contributed by atoms with van der Waals surface area (Å²) in [6, 6.07) is 6.11. The van der Waals surface area contributed by atoms with Crippen molar-refractivity contribution in [1.29, 1.82) is 0 Å². The Morgan fingerprint density at radius 2 is 1.87 bits per heavy atom. The fourth-order valence-electron chi connectivity index (χ4n) is 1.36. The topological polar surface area (TPSA) is 21.7 Å². The summed E-state index contributed by atoms with van der Waals surface area (Å²) in [4.78, 5) is 0. The van der Waals surface area contributed by atoms with Gasteiger partial charge in [-0.1, -0.05) is 0 Å². The van der Waals surface area contributed by atoms with Crippen molar-refractivity contribution in [3.05, 3.63) is 23.8 Å². The summed E-state index contributed by atoms with van der Waals surface area (Å²) in [6.45, 7) is 1.12. The van der Waals surface area contributed by atoms with Gasteiger partial charge in [0.05, 0.1) is 0 Å². The number of nitrogens with zero attached hydrogens (tertiary/aromatic N) is 1. The molecule has 0 atom stereocenters. The Morgan fingerprint density at radius 3 is 2.40 bits per heavy atom. The Bertz CT molecular complexity index is 315. The van der Waals surface area contributed by atoms with Crippen LogP contribution in [0.1, 0.15) is 5.56 Å². The Kier molecular flexibility index (Phi) is 5.40. The first-order chi connectivity index (χ1) is 7.17. The van der Waals surface area contributed by atoms with Gasteiger partial charge in [-0.3, -0.25) is 0 Å². The van der Waals surface area contributed by atoms with Crippen molar-refractivity contribution >= 4 is 0 Å². The van der Waals surface area contributed by atoms with Crippen molar-refractivity contribution in [2.24, 2.45) is 0 Å². The predicted octanol–water partition coefficient (Wildman–Crippen LogP) is 1.64. The molecule has 0 saturated carbocycles. The number of ether oxygens (including phenoxy) is 2. The molecule has 1 aromatic carbocycles. The molecule has 4 heteroatoms. The van der Waals surface area contributed by atoms with Crippen LogP contribution >= 0.6 is 0 Å². The summed E-state index contributed by atoms with van der Waals surface area (Å²) in [7, 11) is 5.48. The minimum atomic E-state index is 0.719. The van der Waals surface area contributed by atoms with E-state index in [4.69, 9.17) is 9.47 Å². The zero-order valence-corrected chi connectivity index (χ0v) is 15.1. The van der Waals surface area contributed by atoms with E-state index in [0.717, 1.165) is 50.9 Å². The second-order valence-corrected chi connectivity index (χ2v) is 7.72. The van der Waals surface area contributed by atoms with Crippen molar-refractivity contribution in [2.75, 3.05) is 27.8 Å². The molecular formula is C11H16HgNO2. The van der Waals surface area contributed by atoms with Crippen LogP contribution in [0.3, 0.4) is 0 Å². The number of likely N-dealkylation sites (N-methyl/N-ethyl adjacent to an activating group) is 1. The zero-order chi connectivity index (χ0) is 11.3. The average molecular weight is 395 g/mol. The van der Waals surface area contributed by atoms with Crippen LogP contribution in [-0.4, -0.2) is 30.5 Å². The second kappa shape index (κ2) is 6.33. The molecule has 0 aliphatic carbocycles. The standard InChI is InChI=1S/C11H16NO2.Hg/c1-12-7-6-9-4-5-10(13-2)11(8-9)14-3;/h4-5,8H,6-7H2,1-3H3;/q-1;+1. The van der Waals surface area contributed by atoms with Gasteiger partial charge in [0.2, 0.25) is 0 Å². The summed E-state index contributed by atoms with van der Waals surface area (Å²) < 4.78 is 12.8. The van der Waals surface area contributed by atoms with Crippen LogP contribution in [0.15, 0.2) is 18.2 Å². The molecule has 0 saturated heterocycles. The molecule has 79 valence electrons. The summed E-state index contributed by atoms with van der Waals surface area (Å²) in [6.07, 6.45) is 1.07. The molecule has 0 spiro atoms. The first kappa shape index (κ1) is 12.8.